The van der Waals surface area contributed by atoms with E-state index in [1.807, 2.05) is 39.6 Å². The molecule has 8 heteroatoms. The maximum atomic E-state index is 12.0. The van der Waals surface area contributed by atoms with Crippen LogP contribution in [0.2, 0.25) is 0 Å². The third kappa shape index (κ3) is 5.22. The van der Waals surface area contributed by atoms with Crippen LogP contribution >= 0.6 is 11.3 Å². The molecule has 1 heterocycles. The van der Waals surface area contributed by atoms with Gasteiger partial charge in [0.15, 0.2) is 5.13 Å². The zero-order valence-corrected chi connectivity index (χ0v) is 13.9. The maximum Gasteiger partial charge on any atom is 0.265 e. The number of hydrogen-bond acceptors (Lipinski definition) is 6. The molecule has 0 aliphatic heterocycles. The van der Waals surface area contributed by atoms with Crippen LogP contribution in [-0.4, -0.2) is 42.5 Å². The molecule has 2 amide bonds. The molecule has 118 valence electrons. The van der Waals surface area contributed by atoms with E-state index in [2.05, 4.69) is 15.6 Å². The lowest BCUT2D eigenvalue weighted by molar-refractivity contribution is -0.121. The van der Waals surface area contributed by atoms with Crippen LogP contribution in [0.1, 0.15) is 37.4 Å². The molecule has 0 aliphatic carbocycles. The van der Waals surface area contributed by atoms with E-state index in [4.69, 9.17) is 5.73 Å². The summed E-state index contributed by atoms with van der Waals surface area (Å²) in [5.41, 5.74) is 5.42. The fraction of sp³-hybridized carbons (Fsp3) is 0.615. The van der Waals surface area contributed by atoms with Gasteiger partial charge in [-0.3, -0.25) is 9.59 Å². The van der Waals surface area contributed by atoms with Gasteiger partial charge in [0.2, 0.25) is 5.91 Å². The van der Waals surface area contributed by atoms with Crippen LogP contribution in [0, 0.1) is 0 Å². The van der Waals surface area contributed by atoms with Crippen LogP contribution < -0.4 is 21.3 Å². The molecule has 0 fully saturated rings. The molecule has 1 rings (SSSR count). The van der Waals surface area contributed by atoms with E-state index in [1.165, 1.54) is 11.3 Å². The fourth-order valence-corrected chi connectivity index (χ4v) is 2.41. The molecule has 1 aromatic rings. The van der Waals surface area contributed by atoms with E-state index in [1.54, 1.807) is 0 Å². The van der Waals surface area contributed by atoms with E-state index in [9.17, 15) is 9.59 Å². The Kier molecular flexibility index (Phi) is 5.54. The molecular weight excluding hydrogens is 290 g/mol. The molecule has 0 aliphatic rings. The Hall–Kier alpha value is -1.83. The second-order valence-corrected chi connectivity index (χ2v) is 6.68. The average Bonchev–Trinajstić information content (AvgIpc) is 2.75. The summed E-state index contributed by atoms with van der Waals surface area (Å²) in [6.07, 6.45) is 0. The number of carbonyl (C=O) groups is 2. The Bertz CT molecular complexity index is 521. The van der Waals surface area contributed by atoms with Crippen LogP contribution in [0.25, 0.3) is 0 Å². The van der Waals surface area contributed by atoms with Crippen molar-refractivity contribution in [1.82, 2.24) is 15.6 Å². The van der Waals surface area contributed by atoms with Crippen LogP contribution in [0.4, 0.5) is 10.9 Å². The number of rotatable bonds is 5. The lowest BCUT2D eigenvalue weighted by atomic mass is 10.1. The first-order chi connectivity index (χ1) is 9.64. The highest BCUT2D eigenvalue weighted by molar-refractivity contribution is 7.18. The van der Waals surface area contributed by atoms with Gasteiger partial charge in [-0.25, -0.2) is 4.98 Å². The largest absolute Gasteiger partial charge is 0.382 e. The molecule has 0 unspecified atom stereocenters. The standard InChI is InChI=1S/C13H23N5O2S/c1-6-18(5)12-16-10(14)9(21-12)11(20)15-7-8(19)17-13(2,3)4/h6-7,14H2,1-5H3,(H,15,20)(H,17,19). The molecule has 0 saturated heterocycles. The summed E-state index contributed by atoms with van der Waals surface area (Å²) in [6.45, 7) is 8.28. The number of nitrogens with two attached hydrogens (primary N) is 1. The summed E-state index contributed by atoms with van der Waals surface area (Å²) in [7, 11) is 1.87. The smallest absolute Gasteiger partial charge is 0.265 e. The topological polar surface area (TPSA) is 100 Å². The molecule has 0 saturated carbocycles. The van der Waals surface area contributed by atoms with Crippen molar-refractivity contribution >= 4 is 34.1 Å². The van der Waals surface area contributed by atoms with Gasteiger partial charge in [0.05, 0.1) is 6.54 Å². The van der Waals surface area contributed by atoms with Gasteiger partial charge < -0.3 is 21.3 Å². The highest BCUT2D eigenvalue weighted by Crippen LogP contribution is 2.27. The summed E-state index contributed by atoms with van der Waals surface area (Å²) in [4.78, 5) is 30.1. The number of anilines is 2. The minimum Gasteiger partial charge on any atom is -0.382 e. The highest BCUT2D eigenvalue weighted by Gasteiger charge is 2.19. The van der Waals surface area contributed by atoms with Crippen LogP contribution in [0.3, 0.4) is 0 Å². The molecule has 7 nitrogen and oxygen atoms in total. The van der Waals surface area contributed by atoms with Crippen molar-refractivity contribution < 1.29 is 9.59 Å². The van der Waals surface area contributed by atoms with Crippen molar-refractivity contribution in [1.29, 1.82) is 0 Å². The van der Waals surface area contributed by atoms with Crippen LogP contribution in [0.5, 0.6) is 0 Å². The Labute approximate surface area is 128 Å². The third-order valence-corrected chi connectivity index (χ3v) is 3.76. The highest BCUT2D eigenvalue weighted by atomic mass is 32.1. The molecule has 0 aromatic carbocycles. The molecular formula is C13H23N5O2S. The van der Waals surface area contributed by atoms with Crippen molar-refractivity contribution in [2.24, 2.45) is 0 Å². The quantitative estimate of drug-likeness (QED) is 0.747. The number of nitrogens with zero attached hydrogens (tertiary/aromatic N) is 2. The Balaban J connectivity index is 2.64. The van der Waals surface area contributed by atoms with Crippen molar-refractivity contribution in [3.8, 4) is 0 Å². The molecule has 0 bridgehead atoms. The van der Waals surface area contributed by atoms with Gasteiger partial charge >= 0.3 is 0 Å². The molecule has 1 aromatic heterocycles. The Morgan fingerprint density at radius 3 is 2.52 bits per heavy atom. The van der Waals surface area contributed by atoms with Crippen molar-refractivity contribution in [2.45, 2.75) is 33.2 Å². The molecule has 0 spiro atoms. The zero-order valence-electron chi connectivity index (χ0n) is 13.1. The predicted molar refractivity (Wildman–Crippen MR) is 85.7 cm³/mol. The van der Waals surface area contributed by atoms with Gasteiger partial charge in [-0.1, -0.05) is 11.3 Å². The predicted octanol–water partition coefficient (Wildman–Crippen LogP) is 0.826. The lowest BCUT2D eigenvalue weighted by Crippen LogP contribution is -2.45. The number of aromatic nitrogens is 1. The van der Waals surface area contributed by atoms with Gasteiger partial charge in [-0.2, -0.15) is 0 Å². The van der Waals surface area contributed by atoms with Crippen LogP contribution in [-0.2, 0) is 4.79 Å². The summed E-state index contributed by atoms with van der Waals surface area (Å²) in [6, 6.07) is 0. The van der Waals surface area contributed by atoms with Gasteiger partial charge in [-0.15, -0.1) is 0 Å². The third-order valence-electron chi connectivity index (χ3n) is 2.57. The Morgan fingerprint density at radius 1 is 1.38 bits per heavy atom. The first-order valence-corrected chi connectivity index (χ1v) is 7.52. The SMILES string of the molecule is CCN(C)c1nc(N)c(C(=O)NCC(=O)NC(C)(C)C)s1. The lowest BCUT2D eigenvalue weighted by Gasteiger charge is -2.20. The number of thiazole rings is 1. The fourth-order valence-electron chi connectivity index (χ4n) is 1.48. The van der Waals surface area contributed by atoms with Gasteiger partial charge in [0.1, 0.15) is 10.7 Å². The average molecular weight is 313 g/mol. The number of hydrogen-bond donors (Lipinski definition) is 3. The number of carbonyl (C=O) groups excluding carboxylic acids is 2. The zero-order chi connectivity index (χ0) is 16.2. The van der Waals surface area contributed by atoms with Crippen molar-refractivity contribution in [3.05, 3.63) is 4.88 Å². The van der Waals surface area contributed by atoms with E-state index in [0.29, 0.717) is 10.0 Å². The first kappa shape index (κ1) is 17.2. The second-order valence-electron chi connectivity index (χ2n) is 5.71. The Morgan fingerprint density at radius 2 is 2.00 bits per heavy atom. The molecule has 0 radical (unpaired) electrons. The second kappa shape index (κ2) is 6.75. The number of nitrogen functional groups attached to an aromatic ring is 1. The number of nitrogens with one attached hydrogen (secondary N) is 2. The van der Waals surface area contributed by atoms with Gasteiger partial charge in [0, 0.05) is 19.1 Å². The summed E-state index contributed by atoms with van der Waals surface area (Å²) in [5.74, 6) is -0.446. The van der Waals surface area contributed by atoms with E-state index in [-0.39, 0.29) is 29.7 Å². The minimum absolute atomic E-state index is 0.0909. The van der Waals surface area contributed by atoms with Crippen molar-refractivity contribution in [2.75, 3.05) is 30.8 Å². The van der Waals surface area contributed by atoms with E-state index < -0.39 is 0 Å². The van der Waals surface area contributed by atoms with E-state index >= 15 is 0 Å². The summed E-state index contributed by atoms with van der Waals surface area (Å²) < 4.78 is 0. The van der Waals surface area contributed by atoms with Crippen LogP contribution in [0.15, 0.2) is 0 Å². The van der Waals surface area contributed by atoms with Gasteiger partial charge in [0.25, 0.3) is 5.91 Å². The normalized spacial score (nSPS) is 11.1. The first-order valence-electron chi connectivity index (χ1n) is 6.70. The molecule has 21 heavy (non-hydrogen) atoms. The van der Waals surface area contributed by atoms with Crippen molar-refractivity contribution in [3.63, 3.8) is 0 Å². The minimum atomic E-state index is -0.384. The summed E-state index contributed by atoms with van der Waals surface area (Å²) >= 11 is 1.21. The summed E-state index contributed by atoms with van der Waals surface area (Å²) in [5, 5.41) is 6.00. The maximum absolute atomic E-state index is 12.0. The van der Waals surface area contributed by atoms with E-state index in [0.717, 1.165) is 6.54 Å². The number of amides is 2. The van der Waals surface area contributed by atoms with Gasteiger partial charge in [-0.05, 0) is 27.7 Å². The molecule has 4 N–H and O–H groups in total. The molecule has 0 atom stereocenters. The monoisotopic (exact) mass is 313 g/mol.